The number of nitrogens with zero attached hydrogens (tertiary/aromatic N) is 2. The third-order valence-corrected chi connectivity index (χ3v) is 4.78. The first-order valence-electron chi connectivity index (χ1n) is 8.82. The van der Waals surface area contributed by atoms with Crippen molar-refractivity contribution in [3.8, 4) is 0 Å². The molecule has 1 amide bonds. The van der Waals surface area contributed by atoms with Gasteiger partial charge >= 0.3 is 5.97 Å². The number of carbonyl (C=O) groups excluding carboxylic acids is 2. The van der Waals surface area contributed by atoms with Crippen molar-refractivity contribution in [3.63, 3.8) is 0 Å². The number of carbonyl (C=O) groups is 2. The molecule has 0 atom stereocenters. The number of rotatable bonds is 7. The zero-order valence-corrected chi connectivity index (χ0v) is 14.8. The molecule has 1 aliphatic rings. The van der Waals surface area contributed by atoms with E-state index in [2.05, 4.69) is 25.2 Å². The van der Waals surface area contributed by atoms with E-state index in [1.165, 1.54) is 7.11 Å². The normalized spacial score (nSPS) is 20.1. The molecule has 25 heavy (non-hydrogen) atoms. The Labute approximate surface area is 146 Å². The van der Waals surface area contributed by atoms with Crippen LogP contribution >= 0.6 is 0 Å². The van der Waals surface area contributed by atoms with E-state index >= 15 is 0 Å². The van der Waals surface area contributed by atoms with Crippen LogP contribution in [0.3, 0.4) is 0 Å². The van der Waals surface area contributed by atoms with Gasteiger partial charge in [-0.15, -0.1) is 10.2 Å². The highest BCUT2D eigenvalue weighted by molar-refractivity contribution is 5.78. The summed E-state index contributed by atoms with van der Waals surface area (Å²) in [6, 6.07) is 0. The molecule has 0 radical (unpaired) electrons. The maximum atomic E-state index is 12.3. The average Bonchev–Trinajstić information content (AvgIpc) is 2.65. The van der Waals surface area contributed by atoms with Gasteiger partial charge in [-0.3, -0.25) is 14.4 Å². The molecule has 2 rings (SSSR count). The van der Waals surface area contributed by atoms with Gasteiger partial charge in [0.15, 0.2) is 0 Å². The second kappa shape index (κ2) is 9.29. The number of esters is 1. The van der Waals surface area contributed by atoms with E-state index in [1.54, 1.807) is 0 Å². The summed E-state index contributed by atoms with van der Waals surface area (Å²) >= 11 is 0. The fourth-order valence-electron chi connectivity index (χ4n) is 3.12. The molecule has 8 heteroatoms. The van der Waals surface area contributed by atoms with Gasteiger partial charge in [0.05, 0.1) is 13.7 Å². The highest BCUT2D eigenvalue weighted by Gasteiger charge is 2.26. The lowest BCUT2D eigenvalue weighted by molar-refractivity contribution is -0.141. The second-order valence-corrected chi connectivity index (χ2v) is 6.45. The molecule has 0 aromatic carbocycles. The van der Waals surface area contributed by atoms with Gasteiger partial charge in [-0.1, -0.05) is 6.92 Å². The van der Waals surface area contributed by atoms with E-state index in [4.69, 9.17) is 0 Å². The molecule has 0 saturated heterocycles. The Morgan fingerprint density at radius 2 is 1.96 bits per heavy atom. The van der Waals surface area contributed by atoms with Gasteiger partial charge in [-0.05, 0) is 38.0 Å². The second-order valence-electron chi connectivity index (χ2n) is 6.45. The van der Waals surface area contributed by atoms with Crippen molar-refractivity contribution in [1.29, 1.82) is 0 Å². The van der Waals surface area contributed by atoms with Crippen LogP contribution in [0.4, 0.5) is 0 Å². The quantitative estimate of drug-likeness (QED) is 0.712. The topological polar surface area (TPSA) is 114 Å². The van der Waals surface area contributed by atoms with E-state index in [9.17, 15) is 14.4 Å². The number of aromatic amines is 1. The SMILES string of the molecule is CCc1nnc(CNC(=O)C2CCC(CCC(=O)OC)CC2)c(=O)[nH]1. The molecule has 0 spiro atoms. The number of nitrogens with one attached hydrogen (secondary N) is 2. The summed E-state index contributed by atoms with van der Waals surface area (Å²) in [5.74, 6) is 0.729. The van der Waals surface area contributed by atoms with Gasteiger partial charge in [-0.2, -0.15) is 0 Å². The molecule has 1 heterocycles. The molecule has 0 bridgehead atoms. The summed E-state index contributed by atoms with van der Waals surface area (Å²) in [5.41, 5.74) is -0.0871. The molecule has 8 nitrogen and oxygen atoms in total. The zero-order valence-electron chi connectivity index (χ0n) is 14.8. The first kappa shape index (κ1) is 19.1. The molecule has 2 N–H and O–H groups in total. The van der Waals surface area contributed by atoms with Crippen molar-refractivity contribution >= 4 is 11.9 Å². The van der Waals surface area contributed by atoms with Gasteiger partial charge in [0.2, 0.25) is 5.91 Å². The number of H-pyrrole nitrogens is 1. The monoisotopic (exact) mass is 350 g/mol. The minimum Gasteiger partial charge on any atom is -0.469 e. The van der Waals surface area contributed by atoms with Crippen LogP contribution in [0.5, 0.6) is 0 Å². The molecular weight excluding hydrogens is 324 g/mol. The fraction of sp³-hybridized carbons (Fsp3) is 0.706. The van der Waals surface area contributed by atoms with Gasteiger partial charge < -0.3 is 15.0 Å². The van der Waals surface area contributed by atoms with Crippen molar-refractivity contribution in [1.82, 2.24) is 20.5 Å². The van der Waals surface area contributed by atoms with E-state index in [0.717, 1.165) is 32.1 Å². The highest BCUT2D eigenvalue weighted by Crippen LogP contribution is 2.31. The number of aromatic nitrogens is 3. The summed E-state index contributed by atoms with van der Waals surface area (Å²) in [4.78, 5) is 37.9. The van der Waals surface area contributed by atoms with Crippen LogP contribution in [0.15, 0.2) is 4.79 Å². The predicted molar refractivity (Wildman–Crippen MR) is 90.6 cm³/mol. The lowest BCUT2D eigenvalue weighted by atomic mass is 9.79. The lowest BCUT2D eigenvalue weighted by Gasteiger charge is -2.27. The fourth-order valence-corrected chi connectivity index (χ4v) is 3.12. The molecule has 1 aromatic rings. The largest absolute Gasteiger partial charge is 0.469 e. The summed E-state index contributed by atoms with van der Waals surface area (Å²) in [7, 11) is 1.40. The first-order valence-corrected chi connectivity index (χ1v) is 8.82. The van der Waals surface area contributed by atoms with Gasteiger partial charge in [-0.25, -0.2) is 0 Å². The van der Waals surface area contributed by atoms with Crippen LogP contribution in [-0.4, -0.2) is 34.2 Å². The molecule has 1 aliphatic carbocycles. The first-order chi connectivity index (χ1) is 12.0. The Kier molecular flexibility index (Phi) is 7.09. The summed E-state index contributed by atoms with van der Waals surface area (Å²) in [6.45, 7) is 1.97. The number of aryl methyl sites for hydroxylation is 1. The summed E-state index contributed by atoms with van der Waals surface area (Å²) in [5, 5.41) is 10.6. The standard InChI is InChI=1S/C17H26N4O4/c1-3-14-19-17(24)13(20-21-14)10-18-16(23)12-7-4-11(5-8-12)6-9-15(22)25-2/h11-12H,3-10H2,1-2H3,(H,18,23)(H,19,21,24). The van der Waals surface area contributed by atoms with E-state index in [1.807, 2.05) is 6.92 Å². The van der Waals surface area contributed by atoms with Crippen molar-refractivity contribution in [2.75, 3.05) is 7.11 Å². The Balaban J connectivity index is 1.75. The molecule has 138 valence electrons. The highest BCUT2D eigenvalue weighted by atomic mass is 16.5. The van der Waals surface area contributed by atoms with Crippen LogP contribution in [0.2, 0.25) is 0 Å². The summed E-state index contributed by atoms with van der Waals surface area (Å²) < 4.78 is 4.66. The maximum Gasteiger partial charge on any atom is 0.305 e. The lowest BCUT2D eigenvalue weighted by Crippen LogP contribution is -2.35. The molecule has 0 unspecified atom stereocenters. The van der Waals surface area contributed by atoms with Crippen LogP contribution in [0.25, 0.3) is 0 Å². The Morgan fingerprint density at radius 3 is 2.56 bits per heavy atom. The molecule has 1 aromatic heterocycles. The minimum absolute atomic E-state index is 0.0451. The Morgan fingerprint density at radius 1 is 1.24 bits per heavy atom. The number of methoxy groups -OCH3 is 1. The maximum absolute atomic E-state index is 12.3. The van der Waals surface area contributed by atoms with Crippen LogP contribution in [0.1, 0.15) is 57.0 Å². The van der Waals surface area contributed by atoms with Crippen molar-refractivity contribution in [2.24, 2.45) is 11.8 Å². The number of hydrogen-bond acceptors (Lipinski definition) is 6. The number of amides is 1. The zero-order chi connectivity index (χ0) is 18.2. The molecular formula is C17H26N4O4. The molecule has 1 saturated carbocycles. The Hall–Kier alpha value is -2.25. The molecule has 1 fully saturated rings. The Bertz CT molecular complexity index is 650. The van der Waals surface area contributed by atoms with Crippen molar-refractivity contribution < 1.29 is 14.3 Å². The van der Waals surface area contributed by atoms with Crippen LogP contribution in [-0.2, 0) is 27.3 Å². The van der Waals surface area contributed by atoms with E-state index in [0.29, 0.717) is 24.6 Å². The van der Waals surface area contributed by atoms with Gasteiger partial charge in [0, 0.05) is 18.8 Å². The number of hydrogen-bond donors (Lipinski definition) is 2. The molecule has 0 aliphatic heterocycles. The number of ether oxygens (including phenoxy) is 1. The van der Waals surface area contributed by atoms with E-state index < -0.39 is 0 Å². The van der Waals surface area contributed by atoms with Gasteiger partial charge in [0.1, 0.15) is 11.5 Å². The van der Waals surface area contributed by atoms with E-state index in [-0.39, 0.29) is 35.6 Å². The minimum atomic E-state index is -0.307. The predicted octanol–water partition coefficient (Wildman–Crippen LogP) is 1.10. The third-order valence-electron chi connectivity index (χ3n) is 4.78. The average molecular weight is 350 g/mol. The smallest absolute Gasteiger partial charge is 0.305 e. The van der Waals surface area contributed by atoms with Crippen molar-refractivity contribution in [2.45, 2.75) is 58.4 Å². The third kappa shape index (κ3) is 5.65. The van der Waals surface area contributed by atoms with Crippen molar-refractivity contribution in [3.05, 3.63) is 21.9 Å². The van der Waals surface area contributed by atoms with Crippen LogP contribution in [0, 0.1) is 11.8 Å². The van der Waals surface area contributed by atoms with Crippen LogP contribution < -0.4 is 10.9 Å². The van der Waals surface area contributed by atoms with Gasteiger partial charge in [0.25, 0.3) is 5.56 Å². The summed E-state index contributed by atoms with van der Waals surface area (Å²) in [6.07, 6.45) is 5.32.